The fourth-order valence-corrected chi connectivity index (χ4v) is 2.20. The van der Waals surface area contributed by atoms with Crippen LogP contribution in [0.3, 0.4) is 0 Å². The van der Waals surface area contributed by atoms with Crippen molar-refractivity contribution in [1.82, 2.24) is 24.9 Å². The molecule has 1 atom stereocenters. The normalized spacial score (nSPS) is 11.8. The van der Waals surface area contributed by atoms with Gasteiger partial charge >= 0.3 is 5.69 Å². The van der Waals surface area contributed by atoms with E-state index in [2.05, 4.69) is 20.8 Å². The molecule has 1 unspecified atom stereocenters. The van der Waals surface area contributed by atoms with Crippen LogP contribution in [-0.2, 0) is 11.8 Å². The number of carbonyl (C=O) groups is 2. The number of aryl methyl sites for hydroxylation is 1. The highest BCUT2D eigenvalue weighted by atomic mass is 16.6. The average Bonchev–Trinajstić information content (AvgIpc) is 3.08. The predicted octanol–water partition coefficient (Wildman–Crippen LogP) is 0.393. The summed E-state index contributed by atoms with van der Waals surface area (Å²) in [5.74, 6) is -0.918. The van der Waals surface area contributed by atoms with Gasteiger partial charge in [0.1, 0.15) is 17.9 Å². The summed E-state index contributed by atoms with van der Waals surface area (Å²) in [6.45, 7) is 3.06. The number of rotatable bonds is 5. The van der Waals surface area contributed by atoms with Crippen LogP contribution >= 0.6 is 0 Å². The molecule has 0 aliphatic heterocycles. The molecular weight excluding hydrogens is 318 g/mol. The lowest BCUT2D eigenvalue weighted by Gasteiger charge is -2.13. The summed E-state index contributed by atoms with van der Waals surface area (Å²) >= 11 is 0. The topological polar surface area (TPSA) is 137 Å². The monoisotopic (exact) mass is 335 g/mol. The Hall–Kier alpha value is -3.24. The summed E-state index contributed by atoms with van der Waals surface area (Å²) < 4.78 is 2.65. The second kappa shape index (κ2) is 6.48. The summed E-state index contributed by atoms with van der Waals surface area (Å²) in [6.07, 6.45) is 2.59. The van der Waals surface area contributed by atoms with Gasteiger partial charge in [0.05, 0.1) is 10.6 Å². The summed E-state index contributed by atoms with van der Waals surface area (Å²) in [7, 11) is 3.07. The van der Waals surface area contributed by atoms with Crippen molar-refractivity contribution < 1.29 is 14.5 Å². The first-order valence-electron chi connectivity index (χ1n) is 7.01. The van der Waals surface area contributed by atoms with Crippen LogP contribution in [0, 0.1) is 17.0 Å². The van der Waals surface area contributed by atoms with E-state index in [-0.39, 0.29) is 22.8 Å². The van der Waals surface area contributed by atoms with E-state index in [9.17, 15) is 19.7 Å². The minimum Gasteiger partial charge on any atom is -0.354 e. The van der Waals surface area contributed by atoms with Gasteiger partial charge in [0.15, 0.2) is 5.69 Å². The molecule has 24 heavy (non-hydrogen) atoms. The number of carbonyl (C=O) groups excluding carboxylic acids is 2. The summed E-state index contributed by atoms with van der Waals surface area (Å²) in [4.78, 5) is 34.5. The molecule has 11 heteroatoms. The number of aromatic nitrogens is 4. The standard InChI is InChI=1S/C13H17N7O4/c1-7-10(20(23)24)5-15-19(7)8(2)12(21)16-9-6-18(4)17-11(9)13(22)14-3/h5-6,8H,1-4H3,(H,14,22)(H,16,21). The van der Waals surface area contributed by atoms with Crippen molar-refractivity contribution in [2.75, 3.05) is 12.4 Å². The number of anilines is 1. The van der Waals surface area contributed by atoms with E-state index < -0.39 is 22.8 Å². The maximum absolute atomic E-state index is 12.4. The van der Waals surface area contributed by atoms with Gasteiger partial charge in [-0.2, -0.15) is 10.2 Å². The van der Waals surface area contributed by atoms with Gasteiger partial charge in [-0.3, -0.25) is 29.1 Å². The maximum Gasteiger partial charge on any atom is 0.309 e. The Kier molecular flexibility index (Phi) is 4.62. The Morgan fingerprint density at radius 2 is 2.08 bits per heavy atom. The molecular formula is C13H17N7O4. The van der Waals surface area contributed by atoms with E-state index in [0.29, 0.717) is 0 Å². The Morgan fingerprint density at radius 1 is 1.42 bits per heavy atom. The van der Waals surface area contributed by atoms with Crippen molar-refractivity contribution in [3.63, 3.8) is 0 Å². The summed E-state index contributed by atoms with van der Waals surface area (Å²) in [6, 6.07) is -0.809. The minimum atomic E-state index is -0.809. The smallest absolute Gasteiger partial charge is 0.309 e. The molecule has 128 valence electrons. The van der Waals surface area contributed by atoms with E-state index >= 15 is 0 Å². The van der Waals surface area contributed by atoms with Crippen LogP contribution in [-0.4, -0.2) is 43.3 Å². The Labute approximate surface area is 136 Å². The number of amides is 2. The highest BCUT2D eigenvalue weighted by molar-refractivity contribution is 6.02. The predicted molar refractivity (Wildman–Crippen MR) is 83.6 cm³/mol. The first-order valence-corrected chi connectivity index (χ1v) is 7.01. The van der Waals surface area contributed by atoms with Crippen LogP contribution in [0.4, 0.5) is 11.4 Å². The van der Waals surface area contributed by atoms with E-state index in [4.69, 9.17) is 0 Å². The zero-order valence-corrected chi connectivity index (χ0v) is 13.6. The fraction of sp³-hybridized carbons (Fsp3) is 0.385. The Balaban J connectivity index is 2.24. The van der Waals surface area contributed by atoms with Crippen LogP contribution in [0.1, 0.15) is 29.1 Å². The molecule has 0 aliphatic rings. The van der Waals surface area contributed by atoms with Gasteiger partial charge in [0.2, 0.25) is 5.91 Å². The fourth-order valence-electron chi connectivity index (χ4n) is 2.20. The molecule has 2 aromatic rings. The first kappa shape index (κ1) is 17.1. The summed E-state index contributed by atoms with van der Waals surface area (Å²) in [5.41, 5.74) is 0.416. The SMILES string of the molecule is CNC(=O)c1nn(C)cc1NC(=O)C(C)n1ncc([N+](=O)[O-])c1C. The van der Waals surface area contributed by atoms with Crippen molar-refractivity contribution in [3.05, 3.63) is 33.9 Å². The molecule has 2 amide bonds. The van der Waals surface area contributed by atoms with E-state index in [1.807, 2.05) is 0 Å². The van der Waals surface area contributed by atoms with E-state index in [1.165, 1.54) is 29.5 Å². The minimum absolute atomic E-state index is 0.0729. The van der Waals surface area contributed by atoms with Crippen LogP contribution in [0.25, 0.3) is 0 Å². The van der Waals surface area contributed by atoms with Crippen molar-refractivity contribution >= 4 is 23.2 Å². The Morgan fingerprint density at radius 3 is 2.62 bits per heavy atom. The third-order valence-electron chi connectivity index (χ3n) is 3.49. The molecule has 2 aromatic heterocycles. The zero-order chi connectivity index (χ0) is 18.0. The van der Waals surface area contributed by atoms with E-state index in [1.54, 1.807) is 14.0 Å². The largest absolute Gasteiger partial charge is 0.354 e. The molecule has 0 aliphatic carbocycles. The van der Waals surface area contributed by atoms with Crippen molar-refractivity contribution in [3.8, 4) is 0 Å². The van der Waals surface area contributed by atoms with Gasteiger partial charge in [-0.05, 0) is 13.8 Å². The molecule has 0 saturated heterocycles. The number of nitrogens with one attached hydrogen (secondary N) is 2. The van der Waals surface area contributed by atoms with Gasteiger partial charge in [0.25, 0.3) is 5.91 Å². The Bertz CT molecular complexity index is 807. The molecule has 0 radical (unpaired) electrons. The molecule has 2 N–H and O–H groups in total. The first-order chi connectivity index (χ1) is 11.3. The third kappa shape index (κ3) is 3.09. The van der Waals surface area contributed by atoms with Gasteiger partial charge in [-0.1, -0.05) is 0 Å². The molecule has 11 nitrogen and oxygen atoms in total. The van der Waals surface area contributed by atoms with Crippen molar-refractivity contribution in [2.24, 2.45) is 7.05 Å². The van der Waals surface area contributed by atoms with Crippen molar-refractivity contribution in [1.29, 1.82) is 0 Å². The van der Waals surface area contributed by atoms with Crippen LogP contribution < -0.4 is 10.6 Å². The molecule has 0 spiro atoms. The number of nitro groups is 1. The quantitative estimate of drug-likeness (QED) is 0.599. The lowest BCUT2D eigenvalue weighted by Crippen LogP contribution is -2.27. The second-order valence-corrected chi connectivity index (χ2v) is 5.13. The maximum atomic E-state index is 12.4. The molecule has 2 rings (SSSR count). The molecule has 0 aromatic carbocycles. The molecule has 0 saturated carbocycles. The van der Waals surface area contributed by atoms with Crippen LogP contribution in [0.15, 0.2) is 12.4 Å². The number of nitrogens with zero attached hydrogens (tertiary/aromatic N) is 5. The second-order valence-electron chi connectivity index (χ2n) is 5.13. The third-order valence-corrected chi connectivity index (χ3v) is 3.49. The summed E-state index contributed by atoms with van der Waals surface area (Å²) in [5, 5.41) is 23.8. The molecule has 0 bridgehead atoms. The number of hydrogen-bond donors (Lipinski definition) is 2. The average molecular weight is 335 g/mol. The lowest BCUT2D eigenvalue weighted by atomic mass is 10.2. The van der Waals surface area contributed by atoms with Gasteiger partial charge in [-0.15, -0.1) is 0 Å². The highest BCUT2D eigenvalue weighted by Gasteiger charge is 2.25. The zero-order valence-electron chi connectivity index (χ0n) is 13.6. The van der Waals surface area contributed by atoms with Crippen LogP contribution in [0.2, 0.25) is 0 Å². The molecule has 2 heterocycles. The van der Waals surface area contributed by atoms with Gasteiger partial charge in [-0.25, -0.2) is 0 Å². The van der Waals surface area contributed by atoms with Gasteiger partial charge in [0, 0.05) is 20.3 Å². The van der Waals surface area contributed by atoms with E-state index in [0.717, 1.165) is 6.20 Å². The van der Waals surface area contributed by atoms with Gasteiger partial charge < -0.3 is 10.6 Å². The molecule has 0 fully saturated rings. The highest BCUT2D eigenvalue weighted by Crippen LogP contribution is 2.21. The van der Waals surface area contributed by atoms with Crippen molar-refractivity contribution in [2.45, 2.75) is 19.9 Å². The van der Waals surface area contributed by atoms with Crippen LogP contribution in [0.5, 0.6) is 0 Å². The lowest BCUT2D eigenvalue weighted by molar-refractivity contribution is -0.385. The number of hydrogen-bond acceptors (Lipinski definition) is 6.